The van der Waals surface area contributed by atoms with Gasteiger partial charge in [-0.05, 0) is 48.0 Å². The minimum absolute atomic E-state index is 0.0982. The molecule has 41 heavy (non-hydrogen) atoms. The van der Waals surface area contributed by atoms with Crippen molar-refractivity contribution in [1.29, 1.82) is 0 Å². The average Bonchev–Trinajstić information content (AvgIpc) is 2.93. The molecule has 14 heteroatoms. The van der Waals surface area contributed by atoms with Gasteiger partial charge in [0.1, 0.15) is 0 Å². The number of carboxylic acid groups (broad SMARTS) is 1. The van der Waals surface area contributed by atoms with Gasteiger partial charge in [-0.1, -0.05) is 41.9 Å². The van der Waals surface area contributed by atoms with E-state index in [9.17, 15) is 26.4 Å². The summed E-state index contributed by atoms with van der Waals surface area (Å²) in [6.07, 6.45) is -5.08. The first-order valence-corrected chi connectivity index (χ1v) is 14.1. The van der Waals surface area contributed by atoms with E-state index in [1.807, 2.05) is 36.4 Å². The van der Waals surface area contributed by atoms with Crippen molar-refractivity contribution in [3.8, 4) is 0 Å². The minimum Gasteiger partial charge on any atom is -0.475 e. The molecule has 0 aromatic heterocycles. The number of benzene rings is 3. The Hall–Kier alpha value is -3.81. The lowest BCUT2D eigenvalue weighted by atomic mass is 10.1. The van der Waals surface area contributed by atoms with Gasteiger partial charge in [-0.25, -0.2) is 13.2 Å². The Balaban J connectivity index is 0.000000587. The van der Waals surface area contributed by atoms with Crippen molar-refractivity contribution in [2.75, 3.05) is 42.8 Å². The van der Waals surface area contributed by atoms with Gasteiger partial charge in [0.2, 0.25) is 0 Å². The van der Waals surface area contributed by atoms with E-state index in [1.54, 1.807) is 24.1 Å². The van der Waals surface area contributed by atoms with Crippen LogP contribution in [-0.2, 0) is 21.4 Å². The Morgan fingerprint density at radius 2 is 1.61 bits per heavy atom. The average molecular weight is 613 g/mol. The van der Waals surface area contributed by atoms with Crippen LogP contribution >= 0.6 is 11.6 Å². The molecule has 0 spiro atoms. The van der Waals surface area contributed by atoms with Crippen LogP contribution in [0.4, 0.5) is 24.5 Å². The van der Waals surface area contributed by atoms with Gasteiger partial charge in [-0.2, -0.15) is 13.2 Å². The summed E-state index contributed by atoms with van der Waals surface area (Å²) < 4.78 is 60.7. The van der Waals surface area contributed by atoms with Crippen LogP contribution in [0.2, 0.25) is 5.02 Å². The third-order valence-corrected chi connectivity index (χ3v) is 7.55. The number of carbonyl (C=O) groups is 2. The summed E-state index contributed by atoms with van der Waals surface area (Å²) in [7, 11) is -2.15. The number of amides is 1. The molecule has 1 fully saturated rings. The lowest BCUT2D eigenvalue weighted by Crippen LogP contribution is -2.43. The van der Waals surface area contributed by atoms with Gasteiger partial charge in [0.05, 0.1) is 16.3 Å². The third-order valence-electron chi connectivity index (χ3n) is 5.92. The van der Waals surface area contributed by atoms with E-state index >= 15 is 0 Å². The Bertz CT molecular complexity index is 1450. The molecule has 3 aromatic rings. The molecule has 0 bridgehead atoms. The minimum atomic E-state index is -5.08. The molecule has 220 valence electrons. The normalized spacial score (nSPS) is 13.5. The second kappa shape index (κ2) is 13.7. The first-order valence-electron chi connectivity index (χ1n) is 12.3. The summed E-state index contributed by atoms with van der Waals surface area (Å²) in [6, 6.07) is 20.9. The Morgan fingerprint density at radius 1 is 1.02 bits per heavy atom. The molecule has 9 nitrogen and oxygen atoms in total. The van der Waals surface area contributed by atoms with Gasteiger partial charge in [0, 0.05) is 50.4 Å². The number of nitrogens with one attached hydrogen (secondary N) is 2. The third kappa shape index (κ3) is 9.10. The highest BCUT2D eigenvalue weighted by molar-refractivity contribution is 7.92. The fraction of sp³-hybridized carbons (Fsp3) is 0.259. The van der Waals surface area contributed by atoms with Crippen LogP contribution in [0, 0.1) is 0 Å². The molecule has 1 heterocycles. The zero-order valence-electron chi connectivity index (χ0n) is 21.9. The molecule has 0 saturated carbocycles. The Morgan fingerprint density at radius 3 is 2.17 bits per heavy atom. The van der Waals surface area contributed by atoms with Gasteiger partial charge in [0.15, 0.2) is 0 Å². The smallest absolute Gasteiger partial charge is 0.475 e. The predicted octanol–water partition coefficient (Wildman–Crippen LogP) is 4.46. The van der Waals surface area contributed by atoms with Crippen LogP contribution in [0.25, 0.3) is 0 Å². The van der Waals surface area contributed by atoms with Crippen molar-refractivity contribution in [3.05, 3.63) is 88.9 Å². The Labute approximate surface area is 240 Å². The molecule has 4 rings (SSSR count). The molecule has 1 saturated heterocycles. The lowest BCUT2D eigenvalue weighted by Gasteiger charge is -2.31. The standard InChI is InChI=1S/C25H27ClN4O3S.C2HF3O2/c1-29(18-19-5-3-2-4-6-19)25(31)20-7-12-24(30-15-13-27-14-16-30)23(17-20)28-34(32,33)22-10-8-21(26)9-11-22;3-2(4,5)1(6)7/h2-12,17,27-28H,13-16,18H2,1H3;(H,6,7). The molecule has 0 aliphatic carbocycles. The molecule has 0 atom stereocenters. The molecular weight excluding hydrogens is 585 g/mol. The van der Waals surface area contributed by atoms with Crippen molar-refractivity contribution in [2.45, 2.75) is 17.6 Å². The van der Waals surface area contributed by atoms with Crippen molar-refractivity contribution >= 4 is 44.9 Å². The predicted molar refractivity (Wildman–Crippen MR) is 150 cm³/mol. The van der Waals surface area contributed by atoms with E-state index < -0.39 is 22.2 Å². The van der Waals surface area contributed by atoms with Crippen LogP contribution in [0.1, 0.15) is 15.9 Å². The molecule has 0 unspecified atom stereocenters. The molecule has 1 amide bonds. The van der Waals surface area contributed by atoms with Crippen LogP contribution < -0.4 is 14.9 Å². The number of nitrogens with zero attached hydrogens (tertiary/aromatic N) is 2. The van der Waals surface area contributed by atoms with Gasteiger partial charge in [-0.3, -0.25) is 9.52 Å². The quantitative estimate of drug-likeness (QED) is 0.361. The zero-order chi connectivity index (χ0) is 30.2. The maximum absolute atomic E-state index is 13.2. The van der Waals surface area contributed by atoms with Gasteiger partial charge in [-0.15, -0.1) is 0 Å². The van der Waals surface area contributed by atoms with Crippen LogP contribution in [-0.4, -0.2) is 69.7 Å². The number of piperazine rings is 1. The van der Waals surface area contributed by atoms with E-state index in [0.717, 1.165) is 37.4 Å². The summed E-state index contributed by atoms with van der Waals surface area (Å²) in [5.41, 5.74) is 2.53. The SMILES string of the molecule is CN(Cc1ccccc1)C(=O)c1ccc(N2CCNCC2)c(NS(=O)(=O)c2ccc(Cl)cc2)c1.O=C(O)C(F)(F)F. The van der Waals surface area contributed by atoms with Gasteiger partial charge in [0.25, 0.3) is 15.9 Å². The number of hydrogen-bond acceptors (Lipinski definition) is 6. The molecule has 1 aliphatic heterocycles. The number of hydrogen-bond donors (Lipinski definition) is 3. The fourth-order valence-electron chi connectivity index (χ4n) is 3.90. The zero-order valence-corrected chi connectivity index (χ0v) is 23.4. The number of halogens is 4. The highest BCUT2D eigenvalue weighted by Crippen LogP contribution is 2.31. The van der Waals surface area contributed by atoms with Crippen molar-refractivity contribution in [1.82, 2.24) is 10.2 Å². The highest BCUT2D eigenvalue weighted by atomic mass is 35.5. The number of carbonyl (C=O) groups excluding carboxylic acids is 1. The number of aliphatic carboxylic acids is 1. The second-order valence-electron chi connectivity index (χ2n) is 8.98. The number of sulfonamides is 1. The van der Waals surface area contributed by atoms with E-state index in [2.05, 4.69) is 14.9 Å². The maximum Gasteiger partial charge on any atom is 0.490 e. The first kappa shape index (κ1) is 31.7. The van der Waals surface area contributed by atoms with Crippen molar-refractivity contribution in [2.24, 2.45) is 0 Å². The van der Waals surface area contributed by atoms with Gasteiger partial charge < -0.3 is 20.2 Å². The molecule has 0 radical (unpaired) electrons. The molecular formula is C27H28ClF3N4O5S. The fourth-order valence-corrected chi connectivity index (χ4v) is 5.09. The van der Waals surface area contributed by atoms with Crippen molar-refractivity contribution in [3.63, 3.8) is 0 Å². The summed E-state index contributed by atoms with van der Waals surface area (Å²) in [4.78, 5) is 25.9. The molecule has 1 aliphatic rings. The number of rotatable bonds is 7. The molecule has 3 N–H and O–H groups in total. The largest absolute Gasteiger partial charge is 0.490 e. The highest BCUT2D eigenvalue weighted by Gasteiger charge is 2.38. The summed E-state index contributed by atoms with van der Waals surface area (Å²) >= 11 is 5.92. The van der Waals surface area contributed by atoms with E-state index in [4.69, 9.17) is 21.5 Å². The number of alkyl halides is 3. The topological polar surface area (TPSA) is 119 Å². The second-order valence-corrected chi connectivity index (χ2v) is 11.1. The van der Waals surface area contributed by atoms with Crippen LogP contribution in [0.5, 0.6) is 0 Å². The van der Waals surface area contributed by atoms with E-state index in [-0.39, 0.29) is 10.8 Å². The van der Waals surface area contributed by atoms with Crippen LogP contribution in [0.15, 0.2) is 77.7 Å². The van der Waals surface area contributed by atoms with Crippen molar-refractivity contribution < 1.29 is 36.3 Å². The lowest BCUT2D eigenvalue weighted by molar-refractivity contribution is -0.192. The number of carboxylic acids is 1. The van der Waals surface area contributed by atoms with E-state index in [1.165, 1.54) is 24.3 Å². The maximum atomic E-state index is 13.2. The van der Waals surface area contributed by atoms with Gasteiger partial charge >= 0.3 is 12.1 Å². The summed E-state index contributed by atoms with van der Waals surface area (Å²) in [6.45, 7) is 3.51. The van der Waals surface area contributed by atoms with E-state index in [0.29, 0.717) is 22.8 Å². The summed E-state index contributed by atoms with van der Waals surface area (Å²) in [5.74, 6) is -2.95. The molecule has 3 aromatic carbocycles. The number of anilines is 2. The Kier molecular flexibility index (Phi) is 10.6. The first-order chi connectivity index (χ1) is 19.3. The monoisotopic (exact) mass is 612 g/mol. The van der Waals surface area contributed by atoms with Crippen LogP contribution in [0.3, 0.4) is 0 Å². The summed E-state index contributed by atoms with van der Waals surface area (Å²) in [5, 5.41) is 10.9.